The maximum absolute atomic E-state index is 12.1. The van der Waals surface area contributed by atoms with Crippen LogP contribution in [0.2, 0.25) is 0 Å². The molecule has 4 heteroatoms. The SMILES string of the molecule is CCN(Cc1ccccc1)C(=O)CNc1cc[nH]c1. The fraction of sp³-hybridized carbons (Fsp3) is 0.267. The van der Waals surface area contributed by atoms with Crippen molar-refractivity contribution >= 4 is 11.6 Å². The third-order valence-electron chi connectivity index (χ3n) is 2.99. The minimum absolute atomic E-state index is 0.104. The number of nitrogens with zero attached hydrogens (tertiary/aromatic N) is 1. The number of hydrogen-bond acceptors (Lipinski definition) is 2. The predicted octanol–water partition coefficient (Wildman–Crippen LogP) is 2.48. The fourth-order valence-electron chi connectivity index (χ4n) is 1.90. The first-order chi connectivity index (χ1) is 9.29. The van der Waals surface area contributed by atoms with Crippen LogP contribution in [0.3, 0.4) is 0 Å². The molecule has 4 nitrogen and oxygen atoms in total. The van der Waals surface area contributed by atoms with Crippen LogP contribution in [0.15, 0.2) is 48.8 Å². The van der Waals surface area contributed by atoms with Gasteiger partial charge in [0, 0.05) is 25.5 Å². The van der Waals surface area contributed by atoms with Crippen LogP contribution in [-0.4, -0.2) is 28.9 Å². The number of likely N-dealkylation sites (N-methyl/N-ethyl adjacent to an activating group) is 1. The lowest BCUT2D eigenvalue weighted by Crippen LogP contribution is -2.34. The summed E-state index contributed by atoms with van der Waals surface area (Å²) in [7, 11) is 0. The number of carbonyl (C=O) groups is 1. The molecule has 0 atom stereocenters. The van der Waals surface area contributed by atoms with Crippen molar-refractivity contribution in [2.24, 2.45) is 0 Å². The molecule has 0 aliphatic rings. The highest BCUT2D eigenvalue weighted by Crippen LogP contribution is 2.06. The van der Waals surface area contributed by atoms with E-state index >= 15 is 0 Å². The third kappa shape index (κ3) is 3.88. The number of benzene rings is 1. The predicted molar refractivity (Wildman–Crippen MR) is 76.8 cm³/mol. The van der Waals surface area contributed by atoms with E-state index < -0.39 is 0 Å². The minimum Gasteiger partial charge on any atom is -0.375 e. The Labute approximate surface area is 113 Å². The lowest BCUT2D eigenvalue weighted by atomic mass is 10.2. The zero-order valence-corrected chi connectivity index (χ0v) is 11.1. The van der Waals surface area contributed by atoms with E-state index in [4.69, 9.17) is 0 Å². The Morgan fingerprint density at radius 3 is 2.68 bits per heavy atom. The van der Waals surface area contributed by atoms with Gasteiger partial charge in [-0.25, -0.2) is 0 Å². The largest absolute Gasteiger partial charge is 0.375 e. The molecule has 0 fully saturated rings. The number of aromatic nitrogens is 1. The number of nitrogens with one attached hydrogen (secondary N) is 2. The van der Waals surface area contributed by atoms with E-state index in [0.29, 0.717) is 19.6 Å². The fourth-order valence-corrected chi connectivity index (χ4v) is 1.90. The molecule has 1 aromatic heterocycles. The average Bonchev–Trinajstić information content (AvgIpc) is 2.96. The maximum atomic E-state index is 12.1. The van der Waals surface area contributed by atoms with Crippen LogP contribution >= 0.6 is 0 Å². The molecule has 0 unspecified atom stereocenters. The van der Waals surface area contributed by atoms with E-state index in [-0.39, 0.29) is 5.91 Å². The summed E-state index contributed by atoms with van der Waals surface area (Å²) in [6, 6.07) is 11.9. The first-order valence-corrected chi connectivity index (χ1v) is 6.48. The highest BCUT2D eigenvalue weighted by Gasteiger charge is 2.11. The van der Waals surface area contributed by atoms with E-state index in [1.54, 1.807) is 0 Å². The average molecular weight is 257 g/mol. The number of amides is 1. The van der Waals surface area contributed by atoms with Crippen molar-refractivity contribution in [1.82, 2.24) is 9.88 Å². The van der Waals surface area contributed by atoms with Crippen LogP contribution in [0.1, 0.15) is 12.5 Å². The first-order valence-electron chi connectivity index (χ1n) is 6.48. The summed E-state index contributed by atoms with van der Waals surface area (Å²) in [6.07, 6.45) is 3.66. The van der Waals surface area contributed by atoms with Gasteiger partial charge < -0.3 is 15.2 Å². The van der Waals surface area contributed by atoms with E-state index in [2.05, 4.69) is 10.3 Å². The van der Waals surface area contributed by atoms with Gasteiger partial charge in [-0.05, 0) is 18.6 Å². The second kappa shape index (κ2) is 6.64. The molecule has 0 saturated heterocycles. The second-order valence-corrected chi connectivity index (χ2v) is 4.35. The summed E-state index contributed by atoms with van der Waals surface area (Å²) in [4.78, 5) is 16.9. The molecule has 2 aromatic rings. The van der Waals surface area contributed by atoms with Gasteiger partial charge in [0.15, 0.2) is 0 Å². The molecule has 2 rings (SSSR count). The molecule has 0 radical (unpaired) electrons. The van der Waals surface area contributed by atoms with Crippen LogP contribution in [0.25, 0.3) is 0 Å². The summed E-state index contributed by atoms with van der Waals surface area (Å²) in [5.41, 5.74) is 2.09. The Morgan fingerprint density at radius 2 is 2.05 bits per heavy atom. The summed E-state index contributed by atoms with van der Waals surface area (Å²) in [5, 5.41) is 3.10. The van der Waals surface area contributed by atoms with Gasteiger partial charge in [0.2, 0.25) is 5.91 Å². The molecule has 1 aromatic carbocycles. The second-order valence-electron chi connectivity index (χ2n) is 4.35. The Kier molecular flexibility index (Phi) is 4.61. The molecule has 1 heterocycles. The number of rotatable bonds is 6. The lowest BCUT2D eigenvalue weighted by Gasteiger charge is -2.21. The highest BCUT2D eigenvalue weighted by molar-refractivity contribution is 5.80. The Balaban J connectivity index is 1.88. The van der Waals surface area contributed by atoms with Gasteiger partial charge in [-0.15, -0.1) is 0 Å². The maximum Gasteiger partial charge on any atom is 0.242 e. The molecule has 100 valence electrons. The quantitative estimate of drug-likeness (QED) is 0.835. The highest BCUT2D eigenvalue weighted by atomic mass is 16.2. The summed E-state index contributed by atoms with van der Waals surface area (Å²) in [6.45, 7) is 3.68. The van der Waals surface area contributed by atoms with Crippen molar-refractivity contribution in [2.45, 2.75) is 13.5 Å². The van der Waals surface area contributed by atoms with Crippen molar-refractivity contribution < 1.29 is 4.79 Å². The van der Waals surface area contributed by atoms with Crippen molar-refractivity contribution in [1.29, 1.82) is 0 Å². The molecule has 0 aliphatic heterocycles. The molecule has 2 N–H and O–H groups in total. The lowest BCUT2D eigenvalue weighted by molar-refractivity contribution is -0.129. The minimum atomic E-state index is 0.104. The van der Waals surface area contributed by atoms with Crippen molar-refractivity contribution in [3.8, 4) is 0 Å². The molecule has 0 saturated carbocycles. The van der Waals surface area contributed by atoms with Gasteiger partial charge in [-0.2, -0.15) is 0 Å². The normalized spacial score (nSPS) is 10.2. The van der Waals surface area contributed by atoms with Crippen LogP contribution in [0, 0.1) is 0 Å². The van der Waals surface area contributed by atoms with Gasteiger partial charge in [0.1, 0.15) is 0 Å². The van der Waals surface area contributed by atoms with Crippen molar-refractivity contribution in [2.75, 3.05) is 18.4 Å². The number of hydrogen-bond donors (Lipinski definition) is 2. The molecule has 1 amide bonds. The van der Waals surface area contributed by atoms with Gasteiger partial charge >= 0.3 is 0 Å². The Morgan fingerprint density at radius 1 is 1.26 bits per heavy atom. The van der Waals surface area contributed by atoms with Crippen molar-refractivity contribution in [3.63, 3.8) is 0 Å². The molecular weight excluding hydrogens is 238 g/mol. The first kappa shape index (κ1) is 13.2. The third-order valence-corrected chi connectivity index (χ3v) is 2.99. The molecule has 19 heavy (non-hydrogen) atoms. The zero-order valence-electron chi connectivity index (χ0n) is 11.1. The van der Waals surface area contributed by atoms with E-state index in [0.717, 1.165) is 11.3 Å². The van der Waals surface area contributed by atoms with E-state index in [1.807, 2.05) is 60.6 Å². The van der Waals surface area contributed by atoms with Gasteiger partial charge in [-0.3, -0.25) is 4.79 Å². The van der Waals surface area contributed by atoms with E-state index in [1.165, 1.54) is 0 Å². The zero-order chi connectivity index (χ0) is 13.5. The smallest absolute Gasteiger partial charge is 0.242 e. The number of aromatic amines is 1. The summed E-state index contributed by atoms with van der Waals surface area (Å²) < 4.78 is 0. The molecule has 0 bridgehead atoms. The Hall–Kier alpha value is -2.23. The van der Waals surface area contributed by atoms with Gasteiger partial charge in [-0.1, -0.05) is 30.3 Å². The van der Waals surface area contributed by atoms with Crippen LogP contribution in [0.4, 0.5) is 5.69 Å². The van der Waals surface area contributed by atoms with Gasteiger partial charge in [0.25, 0.3) is 0 Å². The standard InChI is InChI=1S/C15H19N3O/c1-2-18(12-13-6-4-3-5-7-13)15(19)11-17-14-8-9-16-10-14/h3-10,16-17H,2,11-12H2,1H3. The van der Waals surface area contributed by atoms with Crippen molar-refractivity contribution in [3.05, 3.63) is 54.4 Å². The van der Waals surface area contributed by atoms with Gasteiger partial charge in [0.05, 0.1) is 12.2 Å². The summed E-state index contributed by atoms with van der Waals surface area (Å²) in [5.74, 6) is 0.104. The van der Waals surface area contributed by atoms with E-state index in [9.17, 15) is 4.79 Å². The van der Waals surface area contributed by atoms with Crippen LogP contribution < -0.4 is 5.32 Å². The van der Waals surface area contributed by atoms with Crippen LogP contribution in [0.5, 0.6) is 0 Å². The monoisotopic (exact) mass is 257 g/mol. The van der Waals surface area contributed by atoms with Crippen LogP contribution in [-0.2, 0) is 11.3 Å². The Bertz CT molecular complexity index is 493. The molecular formula is C15H19N3O. The number of H-pyrrole nitrogens is 1. The number of anilines is 1. The summed E-state index contributed by atoms with van der Waals surface area (Å²) >= 11 is 0. The topological polar surface area (TPSA) is 48.1 Å². The molecule has 0 spiro atoms. The molecule has 0 aliphatic carbocycles. The number of carbonyl (C=O) groups excluding carboxylic acids is 1.